The van der Waals surface area contributed by atoms with Gasteiger partial charge in [0.15, 0.2) is 6.19 Å². The Balaban J connectivity index is 2.17. The number of carbonyl (C=O) groups is 1. The molecular formula is C17H15N3O. The van der Waals surface area contributed by atoms with Crippen LogP contribution in [0.1, 0.15) is 16.7 Å². The summed E-state index contributed by atoms with van der Waals surface area (Å²) in [5.74, 6) is -0.345. The molecule has 0 saturated carbocycles. The Morgan fingerprint density at radius 1 is 1.19 bits per heavy atom. The molecule has 104 valence electrons. The molecule has 2 aromatic rings. The van der Waals surface area contributed by atoms with Crippen LogP contribution in [0.4, 0.5) is 0 Å². The third kappa shape index (κ3) is 2.46. The van der Waals surface area contributed by atoms with Gasteiger partial charge in [-0.3, -0.25) is 4.79 Å². The summed E-state index contributed by atoms with van der Waals surface area (Å²) in [7, 11) is 0. The number of carbonyl (C=O) groups excluding carboxylic acids is 1. The van der Waals surface area contributed by atoms with Crippen molar-refractivity contribution in [2.75, 3.05) is 0 Å². The molecular weight excluding hydrogens is 262 g/mol. The fourth-order valence-corrected chi connectivity index (χ4v) is 2.89. The standard InChI is InChI=1S/C17H15N3O/c18-11-20-9-14-7-6-13(8-16(19)21)17(15(14)10-20)12-4-2-1-3-5-12/h1-7H,8-10H2,(H2,19,21). The van der Waals surface area contributed by atoms with E-state index >= 15 is 0 Å². The molecule has 0 fully saturated rings. The fraction of sp³-hybridized carbons (Fsp3) is 0.176. The van der Waals surface area contributed by atoms with E-state index in [9.17, 15) is 4.79 Å². The second-order valence-electron chi connectivity index (χ2n) is 5.20. The Labute approximate surface area is 123 Å². The fourth-order valence-electron chi connectivity index (χ4n) is 2.89. The molecule has 0 spiro atoms. The van der Waals surface area contributed by atoms with E-state index < -0.39 is 0 Å². The molecule has 4 nitrogen and oxygen atoms in total. The zero-order valence-electron chi connectivity index (χ0n) is 11.5. The van der Waals surface area contributed by atoms with Crippen LogP contribution in [-0.4, -0.2) is 10.8 Å². The topological polar surface area (TPSA) is 70.1 Å². The van der Waals surface area contributed by atoms with Crippen LogP contribution in [-0.2, 0) is 24.3 Å². The molecule has 2 N–H and O–H groups in total. The smallest absolute Gasteiger partial charge is 0.221 e. The van der Waals surface area contributed by atoms with Crippen LogP contribution < -0.4 is 5.73 Å². The van der Waals surface area contributed by atoms with Gasteiger partial charge in [-0.15, -0.1) is 0 Å². The normalized spacial score (nSPS) is 12.8. The van der Waals surface area contributed by atoms with Crippen LogP contribution >= 0.6 is 0 Å². The van der Waals surface area contributed by atoms with Crippen molar-refractivity contribution in [1.29, 1.82) is 5.26 Å². The van der Waals surface area contributed by atoms with Crippen molar-refractivity contribution in [3.8, 4) is 17.3 Å². The van der Waals surface area contributed by atoms with Crippen LogP contribution in [0.15, 0.2) is 42.5 Å². The number of benzene rings is 2. The summed E-state index contributed by atoms with van der Waals surface area (Å²) in [6, 6.07) is 13.9. The predicted octanol–water partition coefficient (Wildman–Crippen LogP) is 2.18. The highest BCUT2D eigenvalue weighted by atomic mass is 16.1. The van der Waals surface area contributed by atoms with E-state index in [1.54, 1.807) is 4.90 Å². The Morgan fingerprint density at radius 3 is 2.62 bits per heavy atom. The number of nitrogens with two attached hydrogens (primary N) is 1. The highest BCUT2D eigenvalue weighted by Crippen LogP contribution is 2.35. The van der Waals surface area contributed by atoms with E-state index in [4.69, 9.17) is 11.0 Å². The van der Waals surface area contributed by atoms with Gasteiger partial charge in [-0.05, 0) is 27.8 Å². The molecule has 4 heteroatoms. The second-order valence-corrected chi connectivity index (χ2v) is 5.20. The minimum atomic E-state index is -0.345. The molecule has 21 heavy (non-hydrogen) atoms. The lowest BCUT2D eigenvalue weighted by atomic mass is 9.90. The van der Waals surface area contributed by atoms with Gasteiger partial charge in [0.1, 0.15) is 0 Å². The minimum absolute atomic E-state index is 0.212. The molecule has 0 aliphatic carbocycles. The predicted molar refractivity (Wildman–Crippen MR) is 79.6 cm³/mol. The number of fused-ring (bicyclic) bond motifs is 1. The lowest BCUT2D eigenvalue weighted by molar-refractivity contribution is -0.117. The van der Waals surface area contributed by atoms with Gasteiger partial charge in [0.25, 0.3) is 0 Å². The monoisotopic (exact) mass is 277 g/mol. The number of hydrogen-bond acceptors (Lipinski definition) is 3. The van der Waals surface area contributed by atoms with Gasteiger partial charge in [-0.2, -0.15) is 5.26 Å². The summed E-state index contributed by atoms with van der Waals surface area (Å²) in [4.78, 5) is 13.0. The minimum Gasteiger partial charge on any atom is -0.369 e. The molecule has 1 amide bonds. The Bertz CT molecular complexity index is 732. The first-order valence-corrected chi connectivity index (χ1v) is 6.81. The molecule has 3 rings (SSSR count). The van der Waals surface area contributed by atoms with Crippen molar-refractivity contribution < 1.29 is 4.79 Å². The zero-order valence-corrected chi connectivity index (χ0v) is 11.5. The number of hydrogen-bond donors (Lipinski definition) is 1. The maximum Gasteiger partial charge on any atom is 0.221 e. The Morgan fingerprint density at radius 2 is 1.95 bits per heavy atom. The molecule has 1 aliphatic rings. The van der Waals surface area contributed by atoms with Crippen molar-refractivity contribution in [2.24, 2.45) is 5.73 Å². The first-order valence-electron chi connectivity index (χ1n) is 6.81. The van der Waals surface area contributed by atoms with Crippen molar-refractivity contribution in [1.82, 2.24) is 4.90 Å². The van der Waals surface area contributed by atoms with E-state index in [0.717, 1.165) is 27.8 Å². The van der Waals surface area contributed by atoms with E-state index in [2.05, 4.69) is 6.19 Å². The number of amides is 1. The number of nitriles is 1. The summed E-state index contributed by atoms with van der Waals surface area (Å²) in [5.41, 5.74) is 10.7. The molecule has 1 aliphatic heterocycles. The van der Waals surface area contributed by atoms with Gasteiger partial charge < -0.3 is 10.6 Å². The van der Waals surface area contributed by atoms with Gasteiger partial charge in [-0.1, -0.05) is 42.5 Å². The molecule has 0 radical (unpaired) electrons. The summed E-state index contributed by atoms with van der Waals surface area (Å²) in [6.45, 7) is 1.21. The van der Waals surface area contributed by atoms with Crippen LogP contribution in [0.5, 0.6) is 0 Å². The number of primary amides is 1. The Hall–Kier alpha value is -2.80. The number of rotatable bonds is 3. The van der Waals surface area contributed by atoms with Gasteiger partial charge in [0.05, 0.1) is 19.5 Å². The molecule has 0 bridgehead atoms. The third-order valence-corrected chi connectivity index (χ3v) is 3.77. The van der Waals surface area contributed by atoms with Crippen molar-refractivity contribution in [3.63, 3.8) is 0 Å². The van der Waals surface area contributed by atoms with Gasteiger partial charge >= 0.3 is 0 Å². The van der Waals surface area contributed by atoms with Gasteiger partial charge in [0, 0.05) is 0 Å². The SMILES string of the molecule is N#CN1Cc2ccc(CC(N)=O)c(-c3ccccc3)c2C1. The lowest BCUT2D eigenvalue weighted by Gasteiger charge is -2.14. The molecule has 0 aromatic heterocycles. The van der Waals surface area contributed by atoms with Crippen LogP contribution in [0, 0.1) is 11.5 Å². The molecule has 1 heterocycles. The maximum absolute atomic E-state index is 11.3. The largest absolute Gasteiger partial charge is 0.369 e. The maximum atomic E-state index is 11.3. The van der Waals surface area contributed by atoms with E-state index in [-0.39, 0.29) is 12.3 Å². The van der Waals surface area contributed by atoms with Gasteiger partial charge in [-0.25, -0.2) is 0 Å². The van der Waals surface area contributed by atoms with Crippen LogP contribution in [0.25, 0.3) is 11.1 Å². The first-order chi connectivity index (χ1) is 10.2. The molecule has 0 saturated heterocycles. The summed E-state index contributed by atoms with van der Waals surface area (Å²) in [5, 5.41) is 9.12. The van der Waals surface area contributed by atoms with Crippen LogP contribution in [0.2, 0.25) is 0 Å². The molecule has 0 atom stereocenters. The van der Waals surface area contributed by atoms with E-state index in [1.807, 2.05) is 42.5 Å². The van der Waals surface area contributed by atoms with Gasteiger partial charge in [0.2, 0.25) is 5.91 Å². The summed E-state index contributed by atoms with van der Waals surface area (Å²) in [6.07, 6.45) is 2.40. The molecule has 0 unspecified atom stereocenters. The van der Waals surface area contributed by atoms with Crippen molar-refractivity contribution in [2.45, 2.75) is 19.5 Å². The quantitative estimate of drug-likeness (QED) is 0.874. The summed E-state index contributed by atoms with van der Waals surface area (Å²) >= 11 is 0. The second kappa shape index (κ2) is 5.29. The average molecular weight is 277 g/mol. The summed E-state index contributed by atoms with van der Waals surface area (Å²) < 4.78 is 0. The average Bonchev–Trinajstić information content (AvgIpc) is 2.90. The van der Waals surface area contributed by atoms with Crippen molar-refractivity contribution in [3.05, 3.63) is 59.2 Å². The highest BCUT2D eigenvalue weighted by molar-refractivity contribution is 5.82. The molecule has 2 aromatic carbocycles. The van der Waals surface area contributed by atoms with Crippen molar-refractivity contribution >= 4 is 5.91 Å². The van der Waals surface area contributed by atoms with Crippen LogP contribution in [0.3, 0.4) is 0 Å². The number of nitrogens with zero attached hydrogens (tertiary/aromatic N) is 2. The zero-order chi connectivity index (χ0) is 14.8. The Kier molecular flexibility index (Phi) is 3.33. The van der Waals surface area contributed by atoms with E-state index in [1.165, 1.54) is 0 Å². The highest BCUT2D eigenvalue weighted by Gasteiger charge is 2.23. The third-order valence-electron chi connectivity index (χ3n) is 3.77. The lowest BCUT2D eigenvalue weighted by Crippen LogP contribution is -2.15. The first kappa shape index (κ1) is 13.2. The van der Waals surface area contributed by atoms with E-state index in [0.29, 0.717) is 13.1 Å².